The summed E-state index contributed by atoms with van der Waals surface area (Å²) in [7, 11) is 0. The van der Waals surface area contributed by atoms with Gasteiger partial charge in [0, 0.05) is 17.3 Å². The fourth-order valence-electron chi connectivity index (χ4n) is 1.54. The predicted octanol–water partition coefficient (Wildman–Crippen LogP) is 0.695. The van der Waals surface area contributed by atoms with Crippen molar-refractivity contribution in [1.82, 2.24) is 4.98 Å². The van der Waals surface area contributed by atoms with Crippen molar-refractivity contribution in [2.24, 2.45) is 5.73 Å². The molecular weight excluding hydrogens is 262 g/mol. The minimum Gasteiger partial charge on any atom is -0.390 e. The number of pyridine rings is 1. The SMILES string of the molecule is Cc1nc(Cl)c([N+](=O)[O-])cc1C(O)C(O)CCN. The Morgan fingerprint density at radius 3 is 2.72 bits per heavy atom. The fraction of sp³-hybridized carbons (Fsp3) is 0.500. The molecule has 0 bridgehead atoms. The largest absolute Gasteiger partial charge is 0.390 e. The van der Waals surface area contributed by atoms with Gasteiger partial charge in [-0.3, -0.25) is 10.1 Å². The Morgan fingerprint density at radius 1 is 1.61 bits per heavy atom. The average molecular weight is 276 g/mol. The molecule has 0 aromatic carbocycles. The summed E-state index contributed by atoms with van der Waals surface area (Å²) < 4.78 is 0. The maximum absolute atomic E-state index is 10.7. The van der Waals surface area contributed by atoms with Crippen molar-refractivity contribution in [2.75, 3.05) is 6.54 Å². The number of halogens is 1. The molecule has 1 heterocycles. The van der Waals surface area contributed by atoms with Gasteiger partial charge in [-0.05, 0) is 19.9 Å². The molecule has 18 heavy (non-hydrogen) atoms. The molecule has 7 nitrogen and oxygen atoms in total. The zero-order chi connectivity index (χ0) is 13.9. The van der Waals surface area contributed by atoms with Gasteiger partial charge in [0.15, 0.2) is 0 Å². The second-order valence-corrected chi connectivity index (χ2v) is 4.18. The van der Waals surface area contributed by atoms with Gasteiger partial charge in [-0.1, -0.05) is 11.6 Å². The first-order chi connectivity index (χ1) is 8.38. The minimum absolute atomic E-state index is 0.173. The van der Waals surface area contributed by atoms with E-state index in [1.165, 1.54) is 0 Å². The van der Waals surface area contributed by atoms with E-state index in [2.05, 4.69) is 4.98 Å². The molecule has 0 aliphatic carbocycles. The molecule has 8 heteroatoms. The van der Waals surface area contributed by atoms with Gasteiger partial charge in [0.25, 0.3) is 0 Å². The number of nitro groups is 1. The molecule has 0 saturated carbocycles. The van der Waals surface area contributed by atoms with E-state index >= 15 is 0 Å². The summed E-state index contributed by atoms with van der Waals surface area (Å²) in [5.41, 5.74) is 5.36. The molecule has 1 aromatic heterocycles. The van der Waals surface area contributed by atoms with Crippen LogP contribution in [0.5, 0.6) is 0 Å². The lowest BCUT2D eigenvalue weighted by Gasteiger charge is -2.18. The number of aryl methyl sites for hydroxylation is 1. The molecule has 0 saturated heterocycles. The molecule has 1 rings (SSSR count). The van der Waals surface area contributed by atoms with Crippen molar-refractivity contribution in [3.05, 3.63) is 32.6 Å². The molecule has 0 amide bonds. The van der Waals surface area contributed by atoms with Crippen LogP contribution < -0.4 is 5.73 Å². The van der Waals surface area contributed by atoms with Crippen LogP contribution in [0.4, 0.5) is 5.69 Å². The Morgan fingerprint density at radius 2 is 2.22 bits per heavy atom. The van der Waals surface area contributed by atoms with E-state index < -0.39 is 22.8 Å². The quantitative estimate of drug-likeness (QED) is 0.413. The average Bonchev–Trinajstić information content (AvgIpc) is 2.28. The molecule has 0 spiro atoms. The highest BCUT2D eigenvalue weighted by Crippen LogP contribution is 2.29. The molecule has 0 aliphatic heterocycles. The Hall–Kier alpha value is -1.28. The van der Waals surface area contributed by atoms with Gasteiger partial charge >= 0.3 is 5.69 Å². The van der Waals surface area contributed by atoms with Crippen molar-refractivity contribution in [3.8, 4) is 0 Å². The molecule has 0 aliphatic rings. The van der Waals surface area contributed by atoms with Gasteiger partial charge in [0.2, 0.25) is 5.15 Å². The van der Waals surface area contributed by atoms with E-state index in [9.17, 15) is 20.3 Å². The van der Waals surface area contributed by atoms with Crippen molar-refractivity contribution < 1.29 is 15.1 Å². The number of aliphatic hydroxyl groups is 2. The van der Waals surface area contributed by atoms with Crippen LogP contribution in [0.2, 0.25) is 5.15 Å². The van der Waals surface area contributed by atoms with Crippen LogP contribution in [0, 0.1) is 17.0 Å². The molecule has 2 atom stereocenters. The minimum atomic E-state index is -1.28. The Bertz CT molecular complexity index is 455. The van der Waals surface area contributed by atoms with E-state index in [1.54, 1.807) is 6.92 Å². The molecule has 0 radical (unpaired) electrons. The summed E-state index contributed by atoms with van der Waals surface area (Å²) in [6, 6.07) is 1.12. The van der Waals surface area contributed by atoms with Crippen LogP contribution >= 0.6 is 11.6 Å². The van der Waals surface area contributed by atoms with E-state index in [1.807, 2.05) is 0 Å². The number of nitrogens with two attached hydrogens (primary N) is 1. The standard InChI is InChI=1S/C10H14ClN3O4/c1-5-6(9(16)8(15)2-3-12)4-7(14(17)18)10(11)13-5/h4,8-9,15-16H,2-3,12H2,1H3. The summed E-state index contributed by atoms with van der Waals surface area (Å²) in [5.74, 6) is 0. The highest BCUT2D eigenvalue weighted by atomic mass is 35.5. The summed E-state index contributed by atoms with van der Waals surface area (Å²) in [4.78, 5) is 13.8. The number of rotatable bonds is 5. The zero-order valence-electron chi connectivity index (χ0n) is 9.71. The Labute approximate surface area is 108 Å². The number of hydrogen-bond donors (Lipinski definition) is 3. The number of hydrogen-bond acceptors (Lipinski definition) is 6. The van der Waals surface area contributed by atoms with E-state index in [4.69, 9.17) is 17.3 Å². The number of nitrogens with zero attached hydrogens (tertiary/aromatic N) is 2. The molecule has 2 unspecified atom stereocenters. The van der Waals surface area contributed by atoms with Crippen LogP contribution in [0.1, 0.15) is 23.8 Å². The molecular formula is C10H14ClN3O4. The topological polar surface area (TPSA) is 123 Å². The van der Waals surface area contributed by atoms with Crippen LogP contribution in [0.3, 0.4) is 0 Å². The van der Waals surface area contributed by atoms with Crippen LogP contribution in [-0.2, 0) is 0 Å². The first kappa shape index (κ1) is 14.8. The van der Waals surface area contributed by atoms with Gasteiger partial charge in [-0.2, -0.15) is 0 Å². The van der Waals surface area contributed by atoms with E-state index in [0.717, 1.165) is 6.07 Å². The second kappa shape index (κ2) is 6.05. The van der Waals surface area contributed by atoms with Crippen molar-refractivity contribution in [1.29, 1.82) is 0 Å². The maximum Gasteiger partial charge on any atom is 0.306 e. The van der Waals surface area contributed by atoms with E-state index in [0.29, 0.717) is 5.69 Å². The Kier molecular flexibility index (Phi) is 4.97. The fourth-order valence-corrected chi connectivity index (χ4v) is 1.79. The van der Waals surface area contributed by atoms with Crippen molar-refractivity contribution >= 4 is 17.3 Å². The molecule has 1 aromatic rings. The lowest BCUT2D eigenvalue weighted by molar-refractivity contribution is -0.385. The van der Waals surface area contributed by atoms with Crippen molar-refractivity contribution in [3.63, 3.8) is 0 Å². The van der Waals surface area contributed by atoms with Crippen LogP contribution in [0.15, 0.2) is 6.07 Å². The third kappa shape index (κ3) is 3.14. The van der Waals surface area contributed by atoms with Crippen LogP contribution in [-0.4, -0.2) is 32.8 Å². The van der Waals surface area contributed by atoms with Crippen molar-refractivity contribution in [2.45, 2.75) is 25.6 Å². The maximum atomic E-state index is 10.7. The first-order valence-electron chi connectivity index (χ1n) is 5.26. The highest BCUT2D eigenvalue weighted by molar-refractivity contribution is 6.31. The first-order valence-corrected chi connectivity index (χ1v) is 5.64. The lowest BCUT2D eigenvalue weighted by Crippen LogP contribution is -2.22. The lowest BCUT2D eigenvalue weighted by atomic mass is 10.0. The number of aromatic nitrogens is 1. The smallest absolute Gasteiger partial charge is 0.306 e. The normalized spacial score (nSPS) is 14.3. The molecule has 100 valence electrons. The molecule has 0 fully saturated rings. The van der Waals surface area contributed by atoms with Gasteiger partial charge < -0.3 is 15.9 Å². The summed E-state index contributed by atoms with van der Waals surface area (Å²) in [6.07, 6.45) is -2.20. The summed E-state index contributed by atoms with van der Waals surface area (Å²) in [5, 5.41) is 30.0. The third-order valence-electron chi connectivity index (χ3n) is 2.53. The summed E-state index contributed by atoms with van der Waals surface area (Å²) in [6.45, 7) is 1.74. The van der Waals surface area contributed by atoms with Gasteiger partial charge in [0.1, 0.15) is 6.10 Å². The predicted molar refractivity (Wildman–Crippen MR) is 65.3 cm³/mol. The molecule has 4 N–H and O–H groups in total. The monoisotopic (exact) mass is 275 g/mol. The van der Waals surface area contributed by atoms with Crippen LogP contribution in [0.25, 0.3) is 0 Å². The van der Waals surface area contributed by atoms with Gasteiger partial charge in [-0.15, -0.1) is 0 Å². The van der Waals surface area contributed by atoms with E-state index in [-0.39, 0.29) is 23.7 Å². The Balaban J connectivity index is 3.15. The zero-order valence-corrected chi connectivity index (χ0v) is 10.5. The van der Waals surface area contributed by atoms with Gasteiger partial charge in [-0.25, -0.2) is 4.98 Å². The number of aliphatic hydroxyl groups excluding tert-OH is 2. The second-order valence-electron chi connectivity index (χ2n) is 3.82. The highest BCUT2D eigenvalue weighted by Gasteiger charge is 2.25. The summed E-state index contributed by atoms with van der Waals surface area (Å²) >= 11 is 5.62. The third-order valence-corrected chi connectivity index (χ3v) is 2.81. The van der Waals surface area contributed by atoms with Gasteiger partial charge in [0.05, 0.1) is 11.0 Å².